The fraction of sp³-hybridized carbons (Fsp3) is 0.333. The van der Waals surface area contributed by atoms with Crippen LogP contribution in [0.3, 0.4) is 0 Å². The highest BCUT2D eigenvalue weighted by atomic mass is 19.4. The third kappa shape index (κ3) is 2.69. The number of rotatable bonds is 3. The van der Waals surface area contributed by atoms with Gasteiger partial charge in [0, 0.05) is 25.4 Å². The average molecular weight is 272 g/mol. The van der Waals surface area contributed by atoms with Gasteiger partial charge in [-0.3, -0.25) is 4.79 Å². The van der Waals surface area contributed by atoms with E-state index in [2.05, 4.69) is 11.9 Å². The summed E-state index contributed by atoms with van der Waals surface area (Å²) < 4.78 is 37.2. The van der Waals surface area contributed by atoms with E-state index in [1.165, 1.54) is 17.0 Å². The number of carbonyl (C=O) groups is 1. The molecule has 1 atom stereocenters. The number of amides is 1. The summed E-state index contributed by atoms with van der Waals surface area (Å²) in [6, 6.07) is 4.43. The standard InChI is InChI=1S/C12H11F3N2O2/c1-16-19-10-6-7-17(11(10)18)9-4-2-8(3-5-9)12(13,14)15/h2-5,10H,1,6-7H2/t10-/m1/s1. The molecular weight excluding hydrogens is 261 g/mol. The fourth-order valence-corrected chi connectivity index (χ4v) is 1.93. The first-order valence-electron chi connectivity index (χ1n) is 5.54. The number of benzene rings is 1. The Labute approximate surface area is 107 Å². The van der Waals surface area contributed by atoms with Gasteiger partial charge in [-0.2, -0.15) is 13.2 Å². The number of hydrogen-bond donors (Lipinski definition) is 0. The Balaban J connectivity index is 2.15. The molecule has 0 N–H and O–H groups in total. The zero-order chi connectivity index (χ0) is 14.0. The first-order chi connectivity index (χ1) is 8.93. The molecule has 1 aliphatic heterocycles. The number of anilines is 1. The van der Waals surface area contributed by atoms with Crippen molar-refractivity contribution in [1.29, 1.82) is 0 Å². The molecule has 1 saturated heterocycles. The highest BCUT2D eigenvalue weighted by Crippen LogP contribution is 2.31. The Morgan fingerprint density at radius 2 is 1.95 bits per heavy atom. The molecule has 0 bridgehead atoms. The Morgan fingerprint density at radius 3 is 2.47 bits per heavy atom. The van der Waals surface area contributed by atoms with Crippen LogP contribution in [0.5, 0.6) is 0 Å². The second-order valence-electron chi connectivity index (χ2n) is 4.05. The predicted octanol–water partition coefficient (Wildman–Crippen LogP) is 2.44. The maximum absolute atomic E-state index is 12.4. The zero-order valence-corrected chi connectivity index (χ0v) is 9.85. The molecule has 1 heterocycles. The lowest BCUT2D eigenvalue weighted by atomic mass is 10.2. The van der Waals surface area contributed by atoms with E-state index in [4.69, 9.17) is 4.84 Å². The van der Waals surface area contributed by atoms with Gasteiger partial charge in [-0.05, 0) is 24.3 Å². The first kappa shape index (κ1) is 13.4. The van der Waals surface area contributed by atoms with E-state index >= 15 is 0 Å². The van der Waals surface area contributed by atoms with Crippen molar-refractivity contribution < 1.29 is 22.8 Å². The Morgan fingerprint density at radius 1 is 1.32 bits per heavy atom. The molecule has 4 nitrogen and oxygen atoms in total. The number of alkyl halides is 3. The second-order valence-corrected chi connectivity index (χ2v) is 4.05. The van der Waals surface area contributed by atoms with Crippen molar-refractivity contribution >= 4 is 18.3 Å². The molecule has 0 radical (unpaired) electrons. The quantitative estimate of drug-likeness (QED) is 0.626. The molecule has 0 saturated carbocycles. The fourth-order valence-electron chi connectivity index (χ4n) is 1.93. The van der Waals surface area contributed by atoms with Gasteiger partial charge in [0.2, 0.25) is 6.10 Å². The van der Waals surface area contributed by atoms with Crippen molar-refractivity contribution in [3.8, 4) is 0 Å². The molecule has 0 aromatic heterocycles. The SMILES string of the molecule is C=NO[C@@H]1CCN(c2ccc(C(F)(F)F)cc2)C1=O. The van der Waals surface area contributed by atoms with Gasteiger partial charge in [-0.1, -0.05) is 0 Å². The number of nitrogens with zero attached hydrogens (tertiary/aromatic N) is 2. The lowest BCUT2D eigenvalue weighted by Gasteiger charge is -2.17. The minimum Gasteiger partial charge on any atom is -0.383 e. The highest BCUT2D eigenvalue weighted by Gasteiger charge is 2.35. The van der Waals surface area contributed by atoms with Crippen LogP contribution in [0.4, 0.5) is 18.9 Å². The van der Waals surface area contributed by atoms with Crippen LogP contribution in [0.25, 0.3) is 0 Å². The number of halogens is 3. The van der Waals surface area contributed by atoms with Gasteiger partial charge >= 0.3 is 6.18 Å². The average Bonchev–Trinajstić information content (AvgIpc) is 2.71. The summed E-state index contributed by atoms with van der Waals surface area (Å²) in [7, 11) is 0. The molecule has 1 aliphatic rings. The van der Waals surface area contributed by atoms with Gasteiger partial charge in [-0.15, -0.1) is 5.16 Å². The molecule has 1 amide bonds. The summed E-state index contributed by atoms with van der Waals surface area (Å²) in [6.07, 6.45) is -4.66. The number of hydrogen-bond acceptors (Lipinski definition) is 3. The summed E-state index contributed by atoms with van der Waals surface area (Å²) in [5.41, 5.74) is -0.336. The summed E-state index contributed by atoms with van der Waals surface area (Å²) in [5, 5.41) is 3.20. The summed E-state index contributed by atoms with van der Waals surface area (Å²) in [4.78, 5) is 18.0. The van der Waals surface area contributed by atoms with Crippen LogP contribution in [0.1, 0.15) is 12.0 Å². The molecule has 19 heavy (non-hydrogen) atoms. The van der Waals surface area contributed by atoms with Crippen LogP contribution in [-0.4, -0.2) is 25.3 Å². The Kier molecular flexibility index (Phi) is 3.46. The normalized spacial score (nSPS) is 19.6. The van der Waals surface area contributed by atoms with Gasteiger partial charge in [0.05, 0.1) is 5.56 Å². The van der Waals surface area contributed by atoms with E-state index in [0.29, 0.717) is 18.7 Å². The minimum absolute atomic E-state index is 0.327. The largest absolute Gasteiger partial charge is 0.416 e. The molecular formula is C12H11F3N2O2. The third-order valence-corrected chi connectivity index (χ3v) is 2.86. The van der Waals surface area contributed by atoms with E-state index in [9.17, 15) is 18.0 Å². The van der Waals surface area contributed by atoms with Crippen molar-refractivity contribution in [3.05, 3.63) is 29.8 Å². The zero-order valence-electron chi connectivity index (χ0n) is 9.85. The van der Waals surface area contributed by atoms with Crippen LogP contribution in [-0.2, 0) is 15.8 Å². The van der Waals surface area contributed by atoms with Crippen LogP contribution in [0, 0.1) is 0 Å². The maximum Gasteiger partial charge on any atom is 0.416 e. The second kappa shape index (κ2) is 4.91. The summed E-state index contributed by atoms with van der Waals surface area (Å²) in [5.74, 6) is -0.327. The van der Waals surface area contributed by atoms with Crippen molar-refractivity contribution in [2.75, 3.05) is 11.4 Å². The lowest BCUT2D eigenvalue weighted by molar-refractivity contribution is -0.137. The highest BCUT2D eigenvalue weighted by molar-refractivity contribution is 5.98. The Hall–Kier alpha value is -2.05. The van der Waals surface area contributed by atoms with Crippen molar-refractivity contribution in [1.82, 2.24) is 0 Å². The molecule has 1 aromatic carbocycles. The summed E-state index contributed by atoms with van der Waals surface area (Å²) >= 11 is 0. The molecule has 102 valence electrons. The topological polar surface area (TPSA) is 41.9 Å². The lowest BCUT2D eigenvalue weighted by Crippen LogP contribution is -2.29. The van der Waals surface area contributed by atoms with E-state index in [0.717, 1.165) is 12.1 Å². The predicted molar refractivity (Wildman–Crippen MR) is 62.8 cm³/mol. The smallest absolute Gasteiger partial charge is 0.383 e. The van der Waals surface area contributed by atoms with Crippen molar-refractivity contribution in [2.24, 2.45) is 5.16 Å². The third-order valence-electron chi connectivity index (χ3n) is 2.86. The monoisotopic (exact) mass is 272 g/mol. The molecule has 2 rings (SSSR count). The van der Waals surface area contributed by atoms with Crippen LogP contribution in [0.15, 0.2) is 29.4 Å². The first-order valence-corrected chi connectivity index (χ1v) is 5.54. The minimum atomic E-state index is -4.38. The number of oxime groups is 1. The van der Waals surface area contributed by atoms with Crippen molar-refractivity contribution in [2.45, 2.75) is 18.7 Å². The van der Waals surface area contributed by atoms with Gasteiger partial charge in [0.25, 0.3) is 5.91 Å². The maximum atomic E-state index is 12.4. The van der Waals surface area contributed by atoms with Gasteiger partial charge in [0.1, 0.15) is 0 Å². The molecule has 0 unspecified atom stereocenters. The van der Waals surface area contributed by atoms with Gasteiger partial charge in [-0.25, -0.2) is 0 Å². The van der Waals surface area contributed by atoms with E-state index < -0.39 is 17.8 Å². The summed E-state index contributed by atoms with van der Waals surface area (Å²) in [6.45, 7) is 3.51. The van der Waals surface area contributed by atoms with E-state index in [1.54, 1.807) is 0 Å². The Bertz CT molecular complexity index is 485. The number of carbonyl (C=O) groups excluding carboxylic acids is 1. The molecule has 1 aromatic rings. The van der Waals surface area contributed by atoms with Gasteiger partial charge in [0.15, 0.2) is 0 Å². The van der Waals surface area contributed by atoms with Crippen LogP contribution < -0.4 is 4.90 Å². The van der Waals surface area contributed by atoms with Crippen LogP contribution >= 0.6 is 0 Å². The van der Waals surface area contributed by atoms with E-state index in [-0.39, 0.29) is 5.91 Å². The van der Waals surface area contributed by atoms with Gasteiger partial charge < -0.3 is 9.74 Å². The molecule has 1 fully saturated rings. The molecule has 0 spiro atoms. The van der Waals surface area contributed by atoms with Crippen molar-refractivity contribution in [3.63, 3.8) is 0 Å². The molecule has 0 aliphatic carbocycles. The molecule has 7 heteroatoms. The van der Waals surface area contributed by atoms with Crippen LogP contribution in [0.2, 0.25) is 0 Å². The van der Waals surface area contributed by atoms with E-state index in [1.807, 2.05) is 0 Å².